The van der Waals surface area contributed by atoms with E-state index in [4.69, 9.17) is 18.9 Å². The van der Waals surface area contributed by atoms with Gasteiger partial charge < -0.3 is 29.2 Å². The van der Waals surface area contributed by atoms with E-state index < -0.39 is 11.9 Å². The molecule has 0 saturated heterocycles. The molecule has 3 aromatic rings. The second kappa shape index (κ2) is 17.7. The molecule has 0 unspecified atom stereocenters. The molecule has 1 N–H and O–H groups in total. The lowest BCUT2D eigenvalue weighted by Gasteiger charge is -2.25. The number of ether oxygens (including phenoxy) is 4. The summed E-state index contributed by atoms with van der Waals surface area (Å²) in [5.74, 6) is 0.0315. The Labute approximate surface area is 268 Å². The number of benzene rings is 3. The van der Waals surface area contributed by atoms with Gasteiger partial charge in [-0.15, -0.1) is 5.11 Å². The van der Waals surface area contributed by atoms with E-state index in [0.29, 0.717) is 60.6 Å². The molecule has 0 bridgehead atoms. The third kappa shape index (κ3) is 10.3. The first-order valence-corrected chi connectivity index (χ1v) is 14.8. The number of anilines is 3. The van der Waals surface area contributed by atoms with Crippen LogP contribution in [0.2, 0.25) is 0 Å². The van der Waals surface area contributed by atoms with Crippen molar-refractivity contribution in [2.24, 2.45) is 10.2 Å². The number of rotatable bonds is 18. The van der Waals surface area contributed by atoms with E-state index in [-0.39, 0.29) is 13.2 Å². The number of nitroso groups, excluding NO2 is 1. The maximum absolute atomic E-state index is 11.6. The minimum Gasteiger partial charge on any atom is -0.492 e. The Morgan fingerprint density at radius 3 is 1.98 bits per heavy atom. The van der Waals surface area contributed by atoms with Gasteiger partial charge in [-0.3, -0.25) is 0 Å². The fourth-order valence-electron chi connectivity index (χ4n) is 4.24. The van der Waals surface area contributed by atoms with Gasteiger partial charge in [0, 0.05) is 57.5 Å². The number of carbonyl (C=O) groups is 2. The predicted molar refractivity (Wildman–Crippen MR) is 178 cm³/mol. The van der Waals surface area contributed by atoms with Gasteiger partial charge in [0.25, 0.3) is 5.69 Å². The SMILES string of the molecule is C=CC(=O)OCCN(CCOC(=O)C=C)c1ccc(N=Nc2cc(OCC)c(Nc3ccc([N+](C)=O)cc3)cc2OCC)c(C)c1. The van der Waals surface area contributed by atoms with Crippen LogP contribution in [-0.4, -0.2) is 63.3 Å². The standard InChI is InChI=1S/C34H40N5O7/c1-7-33(40)45-19-17-39(18-20-46-34(41)8-2)27-15-16-28(24(5)21-27)36-37-30-23-31(43-9-3)29(22-32(30)44-10-4)35-25-11-13-26(14-12-25)38(6)42/h7-8,11-16,21-23,35H,1-2,9-10,17-20H2,3-6H3/q+1. The smallest absolute Gasteiger partial charge is 0.330 e. The Morgan fingerprint density at radius 2 is 1.43 bits per heavy atom. The molecule has 3 rings (SSSR count). The van der Waals surface area contributed by atoms with Crippen LogP contribution in [0.3, 0.4) is 0 Å². The van der Waals surface area contributed by atoms with Gasteiger partial charge in [-0.1, -0.05) is 13.2 Å². The Kier molecular flexibility index (Phi) is 13.4. The molecule has 242 valence electrons. The molecule has 0 spiro atoms. The predicted octanol–water partition coefficient (Wildman–Crippen LogP) is 7.26. The van der Waals surface area contributed by atoms with Crippen molar-refractivity contribution >= 4 is 46.1 Å². The number of aryl methyl sites for hydroxylation is 1. The number of azo groups is 1. The van der Waals surface area contributed by atoms with E-state index in [1.165, 1.54) is 7.05 Å². The van der Waals surface area contributed by atoms with Crippen molar-refractivity contribution in [1.82, 2.24) is 0 Å². The van der Waals surface area contributed by atoms with Crippen molar-refractivity contribution in [1.29, 1.82) is 0 Å². The maximum atomic E-state index is 11.6. The number of carbonyl (C=O) groups excluding carboxylic acids is 2. The zero-order valence-electron chi connectivity index (χ0n) is 26.7. The molecule has 0 aliphatic carbocycles. The summed E-state index contributed by atoms with van der Waals surface area (Å²) >= 11 is 0. The van der Waals surface area contributed by atoms with E-state index in [1.54, 1.807) is 18.2 Å². The zero-order valence-corrected chi connectivity index (χ0v) is 26.7. The third-order valence-electron chi connectivity index (χ3n) is 6.53. The van der Waals surface area contributed by atoms with E-state index in [2.05, 4.69) is 28.7 Å². The summed E-state index contributed by atoms with van der Waals surface area (Å²) in [6, 6.07) is 16.3. The molecule has 3 aromatic carbocycles. The van der Waals surface area contributed by atoms with E-state index >= 15 is 0 Å². The van der Waals surface area contributed by atoms with Crippen LogP contribution in [0.1, 0.15) is 19.4 Å². The number of nitrogens with one attached hydrogen (secondary N) is 1. The quantitative estimate of drug-likeness (QED) is 0.0668. The summed E-state index contributed by atoms with van der Waals surface area (Å²) in [4.78, 5) is 36.6. The van der Waals surface area contributed by atoms with Gasteiger partial charge in [-0.2, -0.15) is 5.11 Å². The summed E-state index contributed by atoms with van der Waals surface area (Å²) < 4.78 is 22.9. The van der Waals surface area contributed by atoms with Gasteiger partial charge >= 0.3 is 11.9 Å². The highest BCUT2D eigenvalue weighted by Gasteiger charge is 2.15. The molecule has 0 aliphatic rings. The molecule has 12 nitrogen and oxygen atoms in total. The molecular weight excluding hydrogens is 590 g/mol. The van der Waals surface area contributed by atoms with Crippen molar-refractivity contribution in [2.75, 3.05) is 56.8 Å². The maximum Gasteiger partial charge on any atom is 0.330 e. The van der Waals surface area contributed by atoms with Gasteiger partial charge in [-0.05, 0) is 56.7 Å². The van der Waals surface area contributed by atoms with Crippen LogP contribution in [0.5, 0.6) is 11.5 Å². The third-order valence-corrected chi connectivity index (χ3v) is 6.53. The lowest BCUT2D eigenvalue weighted by atomic mass is 10.1. The molecule has 0 saturated carbocycles. The number of nitrogens with zero attached hydrogens (tertiary/aromatic N) is 4. The Balaban J connectivity index is 1.86. The molecule has 0 heterocycles. The molecule has 46 heavy (non-hydrogen) atoms. The average Bonchev–Trinajstić information content (AvgIpc) is 3.05. The first-order valence-electron chi connectivity index (χ1n) is 14.8. The first-order chi connectivity index (χ1) is 22.2. The van der Waals surface area contributed by atoms with Crippen LogP contribution in [0.25, 0.3) is 0 Å². The molecule has 0 radical (unpaired) electrons. The van der Waals surface area contributed by atoms with Gasteiger partial charge in [-0.25, -0.2) is 9.59 Å². The largest absolute Gasteiger partial charge is 0.492 e. The van der Waals surface area contributed by atoms with Crippen molar-refractivity contribution in [3.05, 3.63) is 90.4 Å². The molecule has 12 heteroatoms. The minimum atomic E-state index is -0.518. The monoisotopic (exact) mass is 630 g/mol. The first kappa shape index (κ1) is 35.0. The lowest BCUT2D eigenvalue weighted by molar-refractivity contribution is -0.428. The van der Waals surface area contributed by atoms with Crippen molar-refractivity contribution in [3.63, 3.8) is 0 Å². The lowest BCUT2D eigenvalue weighted by Crippen LogP contribution is -2.32. The summed E-state index contributed by atoms with van der Waals surface area (Å²) in [5.41, 5.74) is 4.76. The number of esters is 2. The van der Waals surface area contributed by atoms with Crippen LogP contribution in [-0.2, 0) is 19.1 Å². The van der Waals surface area contributed by atoms with Crippen LogP contribution >= 0.6 is 0 Å². The average molecular weight is 631 g/mol. The zero-order chi connectivity index (χ0) is 33.5. The summed E-state index contributed by atoms with van der Waals surface area (Å²) in [6.07, 6.45) is 2.21. The van der Waals surface area contributed by atoms with Gasteiger partial charge in [0.1, 0.15) is 30.4 Å². The molecule has 0 amide bonds. The van der Waals surface area contributed by atoms with Crippen LogP contribution < -0.4 is 19.7 Å². The topological polar surface area (TPSA) is 131 Å². The Morgan fingerprint density at radius 1 is 0.848 bits per heavy atom. The van der Waals surface area contributed by atoms with Gasteiger partial charge in [0.15, 0.2) is 7.05 Å². The summed E-state index contributed by atoms with van der Waals surface area (Å²) in [6.45, 7) is 14.3. The Hall–Kier alpha value is -5.52. The van der Waals surface area contributed by atoms with Gasteiger partial charge in [0.2, 0.25) is 0 Å². The highest BCUT2D eigenvalue weighted by atomic mass is 16.5. The number of hydrogen-bond donors (Lipinski definition) is 1. The van der Waals surface area contributed by atoms with Gasteiger partial charge in [0.05, 0.1) is 37.7 Å². The second-order valence-corrected chi connectivity index (χ2v) is 9.75. The second-order valence-electron chi connectivity index (χ2n) is 9.75. The normalized spacial score (nSPS) is 10.6. The highest BCUT2D eigenvalue weighted by molar-refractivity contribution is 5.81. The molecule has 0 aromatic heterocycles. The fraction of sp³-hybridized carbons (Fsp3) is 0.294. The summed E-state index contributed by atoms with van der Waals surface area (Å²) in [5, 5.41) is 12.4. The van der Waals surface area contributed by atoms with Crippen LogP contribution in [0.15, 0.2) is 90.1 Å². The van der Waals surface area contributed by atoms with Crippen LogP contribution in [0.4, 0.5) is 34.1 Å². The van der Waals surface area contributed by atoms with E-state index in [0.717, 1.165) is 33.9 Å². The van der Waals surface area contributed by atoms with Crippen LogP contribution in [0, 0.1) is 11.8 Å². The van der Waals surface area contributed by atoms with Crippen molar-refractivity contribution in [2.45, 2.75) is 20.8 Å². The highest BCUT2D eigenvalue weighted by Crippen LogP contribution is 2.41. The fourth-order valence-corrected chi connectivity index (χ4v) is 4.24. The minimum absolute atomic E-state index is 0.122. The Bertz CT molecular complexity index is 1540. The number of hydrogen-bond acceptors (Lipinski definition) is 11. The molecule has 0 aliphatic heterocycles. The van der Waals surface area contributed by atoms with Crippen molar-refractivity contribution < 1.29 is 33.3 Å². The summed E-state index contributed by atoms with van der Waals surface area (Å²) in [7, 11) is 1.45. The van der Waals surface area contributed by atoms with Crippen molar-refractivity contribution in [3.8, 4) is 11.5 Å². The van der Waals surface area contributed by atoms with E-state index in [1.807, 2.05) is 62.1 Å². The molecule has 0 fully saturated rings. The van der Waals surface area contributed by atoms with E-state index in [9.17, 15) is 14.5 Å². The molecule has 0 atom stereocenters. The molecular formula is C34H40N5O7+.